The molecule has 1 amide bonds. The van der Waals surface area contributed by atoms with Crippen LogP contribution in [-0.4, -0.2) is 72.3 Å². The van der Waals surface area contributed by atoms with Crippen molar-refractivity contribution in [2.45, 2.75) is 48.5 Å². The lowest BCUT2D eigenvalue weighted by molar-refractivity contribution is -0.144. The molecule has 6 heterocycles. The molecule has 8 rings (SSSR count). The normalized spacial score (nSPS) is 47.1. The Labute approximate surface area is 168 Å². The van der Waals surface area contributed by atoms with Crippen LogP contribution in [0.15, 0.2) is 18.2 Å². The van der Waals surface area contributed by atoms with Crippen molar-refractivity contribution in [1.82, 2.24) is 4.90 Å². The number of benzene rings is 1. The van der Waals surface area contributed by atoms with Gasteiger partial charge in [0, 0.05) is 24.8 Å². The maximum Gasteiger partial charge on any atom is 0.230 e. The molecule has 0 aromatic heterocycles. The fourth-order valence-corrected chi connectivity index (χ4v) is 7.52. The molecule has 0 unspecified atom stereocenters. The smallest absolute Gasteiger partial charge is 0.230 e. The van der Waals surface area contributed by atoms with Gasteiger partial charge in [0.15, 0.2) is 0 Å². The zero-order valence-electron chi connectivity index (χ0n) is 16.3. The summed E-state index contributed by atoms with van der Waals surface area (Å²) in [6.07, 6.45) is 1.22. The topological polar surface area (TPSA) is 82.6 Å². The van der Waals surface area contributed by atoms with Crippen LogP contribution in [0.3, 0.4) is 0 Å². The van der Waals surface area contributed by atoms with Gasteiger partial charge >= 0.3 is 0 Å². The van der Waals surface area contributed by atoms with Crippen molar-refractivity contribution in [1.29, 1.82) is 0 Å². The molecule has 7 atom stereocenters. The first-order valence-electron chi connectivity index (χ1n) is 10.6. The van der Waals surface area contributed by atoms with E-state index in [1.807, 2.05) is 6.07 Å². The Bertz CT molecular complexity index is 980. The Morgan fingerprint density at radius 1 is 1.24 bits per heavy atom. The molecule has 6 fully saturated rings. The van der Waals surface area contributed by atoms with Crippen LogP contribution in [-0.2, 0) is 24.5 Å². The molecule has 5 saturated heterocycles. The van der Waals surface area contributed by atoms with Crippen LogP contribution in [0.2, 0.25) is 0 Å². The van der Waals surface area contributed by atoms with Gasteiger partial charge in [-0.25, -0.2) is 0 Å². The van der Waals surface area contributed by atoms with Gasteiger partial charge in [-0.05, 0) is 31.6 Å². The van der Waals surface area contributed by atoms with Crippen LogP contribution in [0, 0.1) is 11.8 Å². The minimum atomic E-state index is -0.776. The number of nitrogens with zero attached hydrogens (tertiary/aromatic N) is 2. The average Bonchev–Trinajstić information content (AvgIpc) is 3.28. The Morgan fingerprint density at radius 2 is 2.10 bits per heavy atom. The van der Waals surface area contributed by atoms with Gasteiger partial charge in [0.25, 0.3) is 0 Å². The zero-order valence-corrected chi connectivity index (χ0v) is 16.3. The molecular weight excluding hydrogens is 372 g/mol. The first kappa shape index (κ1) is 16.8. The minimum Gasteiger partial charge on any atom is -0.506 e. The summed E-state index contributed by atoms with van der Waals surface area (Å²) in [4.78, 5) is 31.3. The van der Waals surface area contributed by atoms with Gasteiger partial charge in [0.2, 0.25) is 5.91 Å². The number of ether oxygens (including phenoxy) is 2. The number of likely N-dealkylation sites (N-methyl/N-ethyl adjacent to an activating group) is 1. The van der Waals surface area contributed by atoms with Crippen molar-refractivity contribution >= 4 is 17.4 Å². The molecule has 1 saturated carbocycles. The number of hydrogen-bond donors (Lipinski definition) is 1. The monoisotopic (exact) mass is 396 g/mol. The third kappa shape index (κ3) is 1.74. The summed E-state index contributed by atoms with van der Waals surface area (Å²) in [6.45, 7) is 2.04. The number of anilines is 1. The highest BCUT2D eigenvalue weighted by molar-refractivity contribution is 6.07. The van der Waals surface area contributed by atoms with E-state index < -0.39 is 5.41 Å². The number of piperidine rings is 1. The van der Waals surface area contributed by atoms with E-state index in [0.717, 1.165) is 18.7 Å². The highest BCUT2D eigenvalue weighted by Crippen LogP contribution is 2.65. The van der Waals surface area contributed by atoms with Crippen LogP contribution in [0.4, 0.5) is 5.69 Å². The maximum absolute atomic E-state index is 13.9. The quantitative estimate of drug-likeness (QED) is 0.654. The van der Waals surface area contributed by atoms with Gasteiger partial charge < -0.3 is 24.4 Å². The van der Waals surface area contributed by atoms with Crippen molar-refractivity contribution in [3.63, 3.8) is 0 Å². The number of hydrogen-bond acceptors (Lipinski definition) is 6. The summed E-state index contributed by atoms with van der Waals surface area (Å²) in [5, 5.41) is 10.7. The molecule has 1 aliphatic carbocycles. The fourth-order valence-electron chi connectivity index (χ4n) is 7.52. The molecule has 152 valence electrons. The first-order valence-corrected chi connectivity index (χ1v) is 10.6. The van der Waals surface area contributed by atoms with Gasteiger partial charge in [-0.2, -0.15) is 0 Å². The van der Waals surface area contributed by atoms with E-state index in [2.05, 4.69) is 11.9 Å². The molecule has 6 aliphatic heterocycles. The lowest BCUT2D eigenvalue weighted by atomic mass is 9.54. The number of para-hydroxylation sites is 1. The van der Waals surface area contributed by atoms with Gasteiger partial charge in [0.05, 0.1) is 36.3 Å². The van der Waals surface area contributed by atoms with Crippen LogP contribution in [0.5, 0.6) is 5.75 Å². The standard InChI is InChI=1S/C22H24N2O5/c1-23-6-5-21-11-3-2-4-13(25)19(11)24-17(27)8-14-18(20(21)24)12(7-15(21)26)22(10-23)16(29-22)9-28-14/h2-4,12,14,16,18,20,25H,5-10H2,1H3/t12-,14+,16-,18+,20+,21-,22+/m1/s1. The number of aromatic hydroxyl groups is 1. The molecule has 4 bridgehead atoms. The number of carbonyl (C=O) groups excluding carboxylic acids is 2. The second-order valence-electron chi connectivity index (χ2n) is 9.79. The molecule has 29 heavy (non-hydrogen) atoms. The lowest BCUT2D eigenvalue weighted by Crippen LogP contribution is -2.67. The molecule has 2 spiro atoms. The molecule has 0 radical (unpaired) electrons. The predicted octanol–water partition coefficient (Wildman–Crippen LogP) is 0.826. The number of phenolic OH excluding ortho intramolecular Hbond substituents is 1. The molecule has 1 aromatic carbocycles. The molecule has 7 nitrogen and oxygen atoms in total. The summed E-state index contributed by atoms with van der Waals surface area (Å²) in [5.74, 6) is 0.307. The second-order valence-corrected chi connectivity index (χ2v) is 9.79. The molecule has 1 N–H and O–H groups in total. The number of fused-ring (bicyclic) bond motifs is 6. The fraction of sp³-hybridized carbons (Fsp3) is 0.636. The van der Waals surface area contributed by atoms with Gasteiger partial charge in [0.1, 0.15) is 23.2 Å². The number of epoxide rings is 1. The SMILES string of the molecule is CN1CC[C@]23C(=O)C[C@@H]4[C@H]5[C@H](CC(=O)N(c6c(O)cccc62)[C@@H]53)OC[C@H]2O[C@@]42C1. The average molecular weight is 396 g/mol. The zero-order chi connectivity index (χ0) is 19.7. The maximum atomic E-state index is 13.9. The van der Waals surface area contributed by atoms with Crippen molar-refractivity contribution in [2.75, 3.05) is 31.6 Å². The second kappa shape index (κ2) is 5.02. The largest absolute Gasteiger partial charge is 0.506 e. The number of phenols is 1. The number of carbonyl (C=O) groups is 2. The van der Waals surface area contributed by atoms with Crippen LogP contribution < -0.4 is 4.90 Å². The Balaban J connectivity index is 1.54. The predicted molar refractivity (Wildman–Crippen MR) is 102 cm³/mol. The summed E-state index contributed by atoms with van der Waals surface area (Å²) >= 11 is 0. The van der Waals surface area contributed by atoms with E-state index >= 15 is 0 Å². The highest BCUT2D eigenvalue weighted by atomic mass is 16.6. The number of rotatable bonds is 0. The van der Waals surface area contributed by atoms with Gasteiger partial charge in [-0.1, -0.05) is 12.1 Å². The van der Waals surface area contributed by atoms with Crippen LogP contribution in [0.1, 0.15) is 24.8 Å². The summed E-state index contributed by atoms with van der Waals surface area (Å²) in [7, 11) is 2.09. The number of amides is 1. The summed E-state index contributed by atoms with van der Waals surface area (Å²) < 4.78 is 12.5. The lowest BCUT2D eigenvalue weighted by Gasteiger charge is -2.53. The molecule has 1 aromatic rings. The number of ketones is 1. The van der Waals surface area contributed by atoms with E-state index in [-0.39, 0.29) is 53.1 Å². The van der Waals surface area contributed by atoms with Crippen molar-refractivity contribution < 1.29 is 24.2 Å². The van der Waals surface area contributed by atoms with Crippen LogP contribution >= 0.6 is 0 Å². The van der Waals surface area contributed by atoms with E-state index in [1.54, 1.807) is 17.0 Å². The minimum absolute atomic E-state index is 0.000293. The summed E-state index contributed by atoms with van der Waals surface area (Å²) in [5.41, 5.74) is 0.233. The molecule has 7 heteroatoms. The Hall–Kier alpha value is -1.96. The van der Waals surface area contributed by atoms with E-state index in [9.17, 15) is 14.7 Å². The van der Waals surface area contributed by atoms with Gasteiger partial charge in [-0.3, -0.25) is 9.59 Å². The number of Topliss-reactive ketones (excluding diaryl/α,β-unsaturated/α-hetero) is 1. The van der Waals surface area contributed by atoms with E-state index in [1.165, 1.54) is 0 Å². The summed E-state index contributed by atoms with van der Waals surface area (Å²) in [6, 6.07) is 5.06. The Morgan fingerprint density at radius 3 is 2.97 bits per heavy atom. The third-order valence-electron chi connectivity index (χ3n) is 8.67. The van der Waals surface area contributed by atoms with Crippen LogP contribution in [0.25, 0.3) is 0 Å². The highest BCUT2D eigenvalue weighted by Gasteiger charge is 2.75. The van der Waals surface area contributed by atoms with E-state index in [4.69, 9.17) is 9.47 Å². The first-order chi connectivity index (χ1) is 14.0. The third-order valence-corrected chi connectivity index (χ3v) is 8.67. The van der Waals surface area contributed by atoms with Crippen molar-refractivity contribution in [2.24, 2.45) is 11.8 Å². The van der Waals surface area contributed by atoms with Gasteiger partial charge in [-0.15, -0.1) is 0 Å². The van der Waals surface area contributed by atoms with E-state index in [0.29, 0.717) is 31.6 Å². The van der Waals surface area contributed by atoms with Crippen molar-refractivity contribution in [3.05, 3.63) is 23.8 Å². The molecule has 7 aliphatic rings. The van der Waals surface area contributed by atoms with Crippen molar-refractivity contribution in [3.8, 4) is 5.75 Å². The Kier molecular flexibility index (Phi) is 2.91. The molecular formula is C22H24N2O5.